The molecule has 1 saturated heterocycles. The van der Waals surface area contributed by atoms with Gasteiger partial charge in [0.05, 0.1) is 5.56 Å². The van der Waals surface area contributed by atoms with E-state index in [2.05, 4.69) is 10.6 Å². The summed E-state index contributed by atoms with van der Waals surface area (Å²) in [7, 11) is 4.59. The van der Waals surface area contributed by atoms with Gasteiger partial charge in [0.2, 0.25) is 23.6 Å². The molecule has 3 atom stereocenters. The van der Waals surface area contributed by atoms with Crippen LogP contribution in [0.4, 0.5) is 0 Å². The predicted molar refractivity (Wildman–Crippen MR) is 132 cm³/mol. The Kier molecular flexibility index (Phi) is 9.71. The first kappa shape index (κ1) is 27.5. The largest absolute Gasteiger partial charge is 0.459 e. The van der Waals surface area contributed by atoms with Gasteiger partial charge in [0.25, 0.3) is 0 Å². The molecule has 36 heavy (non-hydrogen) atoms. The van der Waals surface area contributed by atoms with Gasteiger partial charge in [0.1, 0.15) is 31.3 Å². The minimum absolute atomic E-state index is 0.156. The highest BCUT2D eigenvalue weighted by molar-refractivity contribution is 7.98. The molecule has 4 amide bonds. The number of methoxy groups -OCH3 is 1. The molecule has 196 valence electrons. The van der Waals surface area contributed by atoms with Crippen molar-refractivity contribution in [1.29, 1.82) is 0 Å². The SMILES string of the molecule is COCC(=O)N1CCC[C@H]1C(=O)N[C@@H]1COC(=O)c2ccccc2CSC[C@H](C(=O)N(C)C)NC1=O. The zero-order valence-corrected chi connectivity index (χ0v) is 21.5. The fourth-order valence-electron chi connectivity index (χ4n) is 4.12. The van der Waals surface area contributed by atoms with Crippen molar-refractivity contribution in [2.45, 2.75) is 36.7 Å². The van der Waals surface area contributed by atoms with Gasteiger partial charge in [-0.25, -0.2) is 4.79 Å². The van der Waals surface area contributed by atoms with Gasteiger partial charge in [-0.1, -0.05) is 18.2 Å². The van der Waals surface area contributed by atoms with Gasteiger partial charge in [-0.3, -0.25) is 19.2 Å². The third-order valence-corrected chi connectivity index (χ3v) is 7.08. The zero-order chi connectivity index (χ0) is 26.2. The number of rotatable bonds is 5. The molecule has 1 fully saturated rings. The molecule has 0 saturated carbocycles. The number of ether oxygens (including phenoxy) is 2. The Hall–Kier alpha value is -3.12. The number of hydrogen-bond donors (Lipinski definition) is 2. The lowest BCUT2D eigenvalue weighted by Gasteiger charge is -2.28. The summed E-state index contributed by atoms with van der Waals surface area (Å²) in [5, 5.41) is 5.33. The highest BCUT2D eigenvalue weighted by Gasteiger charge is 2.37. The van der Waals surface area contributed by atoms with E-state index in [9.17, 15) is 24.0 Å². The second-order valence-electron chi connectivity index (χ2n) is 8.80. The van der Waals surface area contributed by atoms with E-state index in [0.717, 1.165) is 5.56 Å². The molecular weight excluding hydrogens is 488 g/mol. The fraction of sp³-hybridized carbons (Fsp3) is 0.542. The highest BCUT2D eigenvalue weighted by atomic mass is 32.2. The number of likely N-dealkylation sites (tertiary alicyclic amines) is 1. The van der Waals surface area contributed by atoms with Crippen molar-refractivity contribution in [1.82, 2.24) is 20.4 Å². The van der Waals surface area contributed by atoms with E-state index in [-0.39, 0.29) is 24.2 Å². The maximum Gasteiger partial charge on any atom is 0.338 e. The molecule has 2 N–H and O–H groups in total. The first-order chi connectivity index (χ1) is 17.2. The number of nitrogens with zero attached hydrogens (tertiary/aromatic N) is 2. The number of hydrogen-bond acceptors (Lipinski definition) is 8. The molecule has 2 heterocycles. The number of benzene rings is 1. The number of esters is 1. The molecule has 2 aliphatic rings. The molecule has 0 spiro atoms. The average Bonchev–Trinajstić information content (AvgIpc) is 3.35. The van der Waals surface area contributed by atoms with Crippen LogP contribution in [0, 0.1) is 0 Å². The van der Waals surface area contributed by atoms with Gasteiger partial charge < -0.3 is 29.9 Å². The van der Waals surface area contributed by atoms with Crippen LogP contribution in [0.2, 0.25) is 0 Å². The van der Waals surface area contributed by atoms with Crippen molar-refractivity contribution in [3.8, 4) is 0 Å². The van der Waals surface area contributed by atoms with Crippen LogP contribution in [0.15, 0.2) is 24.3 Å². The molecule has 2 aliphatic heterocycles. The van der Waals surface area contributed by atoms with E-state index in [1.807, 2.05) is 12.1 Å². The van der Waals surface area contributed by atoms with E-state index in [0.29, 0.717) is 30.7 Å². The van der Waals surface area contributed by atoms with Crippen molar-refractivity contribution < 1.29 is 33.4 Å². The molecule has 1 aromatic carbocycles. The molecule has 0 aromatic heterocycles. The Bertz CT molecular complexity index is 1000. The third-order valence-electron chi connectivity index (χ3n) is 5.99. The summed E-state index contributed by atoms with van der Waals surface area (Å²) in [5.74, 6) is -1.70. The summed E-state index contributed by atoms with van der Waals surface area (Å²) in [6.45, 7) is -0.185. The lowest BCUT2D eigenvalue weighted by atomic mass is 10.1. The van der Waals surface area contributed by atoms with E-state index >= 15 is 0 Å². The van der Waals surface area contributed by atoms with Crippen molar-refractivity contribution in [3.63, 3.8) is 0 Å². The predicted octanol–water partition coefficient (Wildman–Crippen LogP) is -0.215. The first-order valence-electron chi connectivity index (χ1n) is 11.7. The Balaban J connectivity index is 1.83. The van der Waals surface area contributed by atoms with Gasteiger partial charge in [0, 0.05) is 39.3 Å². The van der Waals surface area contributed by atoms with Gasteiger partial charge in [-0.2, -0.15) is 11.8 Å². The lowest BCUT2D eigenvalue weighted by molar-refractivity contribution is -0.142. The Morgan fingerprint density at radius 2 is 2.00 bits per heavy atom. The standard InChI is InChI=1S/C24H32N4O7S/c1-27(2)23(32)18-14-36-13-15-7-4-5-8-16(15)24(33)35-11-17(21(30)26-18)25-22(31)19-9-6-10-28(19)20(29)12-34-3/h4-5,7-8,17-19H,6,9-14H2,1-3H3,(H,25,31)(H,26,30)/t17-,18-,19+/m1/s1. The molecule has 3 rings (SSSR count). The summed E-state index contributed by atoms with van der Waals surface area (Å²) >= 11 is 1.40. The average molecular weight is 521 g/mol. The molecular formula is C24H32N4O7S. The molecule has 0 bridgehead atoms. The van der Waals surface area contributed by atoms with Crippen molar-refractivity contribution >= 4 is 41.4 Å². The second-order valence-corrected chi connectivity index (χ2v) is 9.83. The molecule has 0 radical (unpaired) electrons. The maximum atomic E-state index is 13.2. The summed E-state index contributed by atoms with van der Waals surface area (Å²) in [4.78, 5) is 67.0. The van der Waals surface area contributed by atoms with Crippen LogP contribution in [0.1, 0.15) is 28.8 Å². The normalized spacial score (nSPS) is 22.9. The number of cyclic esters (lactones) is 1. The van der Waals surface area contributed by atoms with Gasteiger partial charge >= 0.3 is 5.97 Å². The second kappa shape index (κ2) is 12.7. The number of amides is 4. The maximum absolute atomic E-state index is 13.2. The molecule has 12 heteroatoms. The number of fused-ring (bicyclic) bond motifs is 1. The van der Waals surface area contributed by atoms with E-state index in [1.54, 1.807) is 26.2 Å². The summed E-state index contributed by atoms with van der Waals surface area (Å²) < 4.78 is 10.3. The Morgan fingerprint density at radius 3 is 2.72 bits per heavy atom. The summed E-state index contributed by atoms with van der Waals surface area (Å²) in [5.41, 5.74) is 1.10. The van der Waals surface area contributed by atoms with Crippen LogP contribution >= 0.6 is 11.8 Å². The number of carbonyl (C=O) groups excluding carboxylic acids is 5. The van der Waals surface area contributed by atoms with Gasteiger partial charge in [0.15, 0.2) is 0 Å². The van der Waals surface area contributed by atoms with Crippen molar-refractivity contribution in [3.05, 3.63) is 35.4 Å². The Morgan fingerprint density at radius 1 is 1.25 bits per heavy atom. The number of thioether (sulfide) groups is 1. The number of likely N-dealkylation sites (N-methyl/N-ethyl adjacent to an activating group) is 1. The fourth-order valence-corrected chi connectivity index (χ4v) is 5.17. The summed E-state index contributed by atoms with van der Waals surface area (Å²) in [6.07, 6.45) is 1.06. The van der Waals surface area contributed by atoms with Crippen LogP contribution in [-0.2, 0) is 34.4 Å². The highest BCUT2D eigenvalue weighted by Crippen LogP contribution is 2.20. The molecule has 0 unspecified atom stereocenters. The topological polar surface area (TPSA) is 134 Å². The monoisotopic (exact) mass is 520 g/mol. The zero-order valence-electron chi connectivity index (χ0n) is 20.7. The van der Waals surface area contributed by atoms with Crippen LogP contribution in [0.5, 0.6) is 0 Å². The van der Waals surface area contributed by atoms with E-state index in [4.69, 9.17) is 9.47 Å². The minimum Gasteiger partial charge on any atom is -0.459 e. The quantitative estimate of drug-likeness (QED) is 0.509. The smallest absolute Gasteiger partial charge is 0.338 e. The first-order valence-corrected chi connectivity index (χ1v) is 12.8. The molecule has 1 aromatic rings. The van der Waals surface area contributed by atoms with Crippen LogP contribution in [0.3, 0.4) is 0 Å². The summed E-state index contributed by atoms with van der Waals surface area (Å²) in [6, 6.07) is 4.10. The van der Waals surface area contributed by atoms with Gasteiger partial charge in [-0.05, 0) is 24.5 Å². The van der Waals surface area contributed by atoms with Crippen molar-refractivity contribution in [2.75, 3.05) is 46.7 Å². The molecule has 11 nitrogen and oxygen atoms in total. The Labute approximate surface area is 214 Å². The minimum atomic E-state index is -1.25. The lowest BCUT2D eigenvalue weighted by Crippen LogP contribution is -2.58. The van der Waals surface area contributed by atoms with E-state index in [1.165, 1.54) is 28.7 Å². The van der Waals surface area contributed by atoms with Crippen molar-refractivity contribution in [2.24, 2.45) is 0 Å². The third kappa shape index (κ3) is 6.76. The van der Waals surface area contributed by atoms with E-state index < -0.39 is 42.5 Å². The van der Waals surface area contributed by atoms with Crippen LogP contribution in [0.25, 0.3) is 0 Å². The number of nitrogens with one attached hydrogen (secondary N) is 2. The van der Waals surface area contributed by atoms with Crippen LogP contribution < -0.4 is 10.6 Å². The number of carbonyl (C=O) groups is 5. The molecule has 0 aliphatic carbocycles. The van der Waals surface area contributed by atoms with Gasteiger partial charge in [-0.15, -0.1) is 0 Å². The van der Waals surface area contributed by atoms with Crippen LogP contribution in [-0.4, -0.2) is 104 Å².